The van der Waals surface area contributed by atoms with Gasteiger partial charge in [-0.1, -0.05) is 17.7 Å². The normalized spacial score (nSPS) is 11.6. The molecule has 1 heterocycles. The van der Waals surface area contributed by atoms with Crippen molar-refractivity contribution in [3.8, 4) is 0 Å². The molecule has 0 radical (unpaired) electrons. The molecule has 17 heavy (non-hydrogen) atoms. The van der Waals surface area contributed by atoms with Gasteiger partial charge in [-0.05, 0) is 19.1 Å². The molecule has 0 amide bonds. The molecule has 2 N–H and O–H groups in total. The van der Waals surface area contributed by atoms with Gasteiger partial charge in [-0.2, -0.15) is 0 Å². The van der Waals surface area contributed by atoms with Crippen LogP contribution in [0.25, 0.3) is 0 Å². The Kier molecular flexibility index (Phi) is 3.26. The fourth-order valence-electron chi connectivity index (χ4n) is 1.35. The number of H-pyrrole nitrogens is 1. The summed E-state index contributed by atoms with van der Waals surface area (Å²) in [4.78, 5) is 6.92. The summed E-state index contributed by atoms with van der Waals surface area (Å²) in [5.74, 6) is 0. The molecule has 1 aromatic heterocycles. The topological polar surface area (TPSA) is 74.8 Å². The Hall–Kier alpha value is -1.66. The van der Waals surface area contributed by atoms with E-state index >= 15 is 0 Å². The summed E-state index contributed by atoms with van der Waals surface area (Å²) in [6.45, 7) is 2.12. The zero-order valence-corrected chi connectivity index (χ0v) is 10.2. The number of aromatic nitrogens is 2. The minimum Gasteiger partial charge on any atom is -0.347 e. The third kappa shape index (κ3) is 2.92. The highest BCUT2D eigenvalue weighted by molar-refractivity contribution is 7.89. The smallest absolute Gasteiger partial charge is 0.240 e. The van der Waals surface area contributed by atoms with Crippen LogP contribution < -0.4 is 4.72 Å². The van der Waals surface area contributed by atoms with Gasteiger partial charge in [0.1, 0.15) is 0 Å². The maximum absolute atomic E-state index is 11.9. The predicted molar refractivity (Wildman–Crippen MR) is 63.8 cm³/mol. The Morgan fingerprint density at radius 1 is 1.29 bits per heavy atom. The van der Waals surface area contributed by atoms with Crippen molar-refractivity contribution in [1.29, 1.82) is 0 Å². The third-order valence-electron chi connectivity index (χ3n) is 2.34. The van der Waals surface area contributed by atoms with Gasteiger partial charge in [0, 0.05) is 11.9 Å². The molecule has 2 rings (SSSR count). The van der Waals surface area contributed by atoms with Crippen molar-refractivity contribution in [2.45, 2.75) is 18.4 Å². The van der Waals surface area contributed by atoms with Gasteiger partial charge in [-0.3, -0.25) is 0 Å². The molecule has 0 atom stereocenters. The van der Waals surface area contributed by atoms with Gasteiger partial charge in [0.15, 0.2) is 0 Å². The predicted octanol–water partition coefficient (Wildman–Crippen LogP) is 1.20. The molecule has 0 aliphatic heterocycles. The highest BCUT2D eigenvalue weighted by Gasteiger charge is 2.13. The molecule has 0 spiro atoms. The lowest BCUT2D eigenvalue weighted by molar-refractivity contribution is 0.580. The molecular weight excluding hydrogens is 238 g/mol. The number of aryl methyl sites for hydroxylation is 1. The van der Waals surface area contributed by atoms with Crippen molar-refractivity contribution < 1.29 is 8.42 Å². The van der Waals surface area contributed by atoms with E-state index in [2.05, 4.69) is 14.7 Å². The van der Waals surface area contributed by atoms with E-state index in [1.54, 1.807) is 30.5 Å². The molecule has 0 saturated carbocycles. The molecule has 90 valence electrons. The Labute approximate surface area is 100.0 Å². The summed E-state index contributed by atoms with van der Waals surface area (Å²) in [6.07, 6.45) is 3.09. The van der Waals surface area contributed by atoms with E-state index in [4.69, 9.17) is 0 Å². The number of aromatic amines is 1. The van der Waals surface area contributed by atoms with Crippen LogP contribution in [-0.2, 0) is 16.6 Å². The SMILES string of the molecule is Cc1ccc(S(=O)(=O)NCc2cnc[nH]2)cc1. The van der Waals surface area contributed by atoms with Crippen LogP contribution in [0.3, 0.4) is 0 Å². The van der Waals surface area contributed by atoms with Gasteiger partial charge in [0.2, 0.25) is 10.0 Å². The summed E-state index contributed by atoms with van der Waals surface area (Å²) in [5, 5.41) is 0. The maximum Gasteiger partial charge on any atom is 0.240 e. The second-order valence-electron chi connectivity index (χ2n) is 3.71. The van der Waals surface area contributed by atoms with E-state index in [1.165, 1.54) is 6.33 Å². The van der Waals surface area contributed by atoms with Gasteiger partial charge >= 0.3 is 0 Å². The van der Waals surface area contributed by atoms with Crippen molar-refractivity contribution >= 4 is 10.0 Å². The van der Waals surface area contributed by atoms with Crippen LogP contribution in [0.5, 0.6) is 0 Å². The molecule has 1 aromatic carbocycles. The van der Waals surface area contributed by atoms with Gasteiger partial charge in [0.05, 0.1) is 17.8 Å². The van der Waals surface area contributed by atoms with Gasteiger partial charge in [0.25, 0.3) is 0 Å². The number of benzene rings is 1. The van der Waals surface area contributed by atoms with Crippen molar-refractivity contribution in [2.24, 2.45) is 0 Å². The first-order valence-corrected chi connectivity index (χ1v) is 6.60. The van der Waals surface area contributed by atoms with Crippen molar-refractivity contribution in [3.05, 3.63) is 48.0 Å². The zero-order chi connectivity index (χ0) is 12.3. The number of sulfonamides is 1. The molecule has 0 saturated heterocycles. The van der Waals surface area contributed by atoms with Crippen LogP contribution >= 0.6 is 0 Å². The van der Waals surface area contributed by atoms with E-state index in [1.807, 2.05) is 6.92 Å². The second kappa shape index (κ2) is 4.68. The third-order valence-corrected chi connectivity index (χ3v) is 3.76. The lowest BCUT2D eigenvalue weighted by Crippen LogP contribution is -2.23. The van der Waals surface area contributed by atoms with Gasteiger partial charge < -0.3 is 4.98 Å². The fraction of sp³-hybridized carbons (Fsp3) is 0.182. The monoisotopic (exact) mass is 251 g/mol. The lowest BCUT2D eigenvalue weighted by Gasteiger charge is -2.05. The number of hydrogen-bond donors (Lipinski definition) is 2. The Balaban J connectivity index is 2.11. The first-order chi connectivity index (χ1) is 8.08. The standard InChI is InChI=1S/C11H13N3O2S/c1-9-2-4-11(5-3-9)17(15,16)14-7-10-6-12-8-13-10/h2-6,8,14H,7H2,1H3,(H,12,13). The van der Waals surface area contributed by atoms with E-state index in [0.29, 0.717) is 0 Å². The zero-order valence-electron chi connectivity index (χ0n) is 9.34. The number of hydrogen-bond acceptors (Lipinski definition) is 3. The number of imidazole rings is 1. The summed E-state index contributed by atoms with van der Waals surface area (Å²) in [5.41, 5.74) is 1.75. The van der Waals surface area contributed by atoms with Crippen LogP contribution in [0.1, 0.15) is 11.3 Å². The van der Waals surface area contributed by atoms with Crippen LogP contribution in [0.15, 0.2) is 41.7 Å². The summed E-state index contributed by atoms with van der Waals surface area (Å²) >= 11 is 0. The minimum atomic E-state index is -3.45. The van der Waals surface area contributed by atoms with E-state index in [9.17, 15) is 8.42 Å². The number of nitrogens with one attached hydrogen (secondary N) is 2. The van der Waals surface area contributed by atoms with Crippen LogP contribution in [-0.4, -0.2) is 18.4 Å². The lowest BCUT2D eigenvalue weighted by atomic mass is 10.2. The Morgan fingerprint density at radius 2 is 2.00 bits per heavy atom. The van der Waals surface area contributed by atoms with E-state index < -0.39 is 10.0 Å². The molecule has 5 nitrogen and oxygen atoms in total. The summed E-state index contributed by atoms with van der Waals surface area (Å²) < 4.78 is 26.3. The largest absolute Gasteiger partial charge is 0.347 e. The van der Waals surface area contributed by atoms with Crippen LogP contribution in [0.4, 0.5) is 0 Å². The van der Waals surface area contributed by atoms with E-state index in [-0.39, 0.29) is 11.4 Å². The molecule has 2 aromatic rings. The molecule has 0 bridgehead atoms. The Morgan fingerprint density at radius 3 is 2.59 bits per heavy atom. The fourth-order valence-corrected chi connectivity index (χ4v) is 2.36. The van der Waals surface area contributed by atoms with E-state index in [0.717, 1.165) is 11.3 Å². The molecule has 0 fully saturated rings. The number of rotatable bonds is 4. The maximum atomic E-state index is 11.9. The van der Waals surface area contributed by atoms with Crippen LogP contribution in [0, 0.1) is 6.92 Å². The van der Waals surface area contributed by atoms with Crippen LogP contribution in [0.2, 0.25) is 0 Å². The first kappa shape index (κ1) is 11.8. The highest BCUT2D eigenvalue weighted by Crippen LogP contribution is 2.10. The first-order valence-electron chi connectivity index (χ1n) is 5.11. The second-order valence-corrected chi connectivity index (χ2v) is 5.48. The summed E-state index contributed by atoms with van der Waals surface area (Å²) in [6, 6.07) is 6.71. The molecule has 6 heteroatoms. The van der Waals surface area contributed by atoms with Gasteiger partial charge in [-0.25, -0.2) is 18.1 Å². The van der Waals surface area contributed by atoms with Gasteiger partial charge in [-0.15, -0.1) is 0 Å². The molecule has 0 aliphatic rings. The highest BCUT2D eigenvalue weighted by atomic mass is 32.2. The quantitative estimate of drug-likeness (QED) is 0.857. The molecular formula is C11H13N3O2S. The average molecular weight is 251 g/mol. The molecule has 0 aliphatic carbocycles. The molecule has 0 unspecified atom stereocenters. The van der Waals surface area contributed by atoms with Crippen molar-refractivity contribution in [3.63, 3.8) is 0 Å². The number of nitrogens with zero attached hydrogens (tertiary/aromatic N) is 1. The average Bonchev–Trinajstić information content (AvgIpc) is 2.80. The van der Waals surface area contributed by atoms with Crippen molar-refractivity contribution in [1.82, 2.24) is 14.7 Å². The Bertz CT molecular complexity index is 574. The minimum absolute atomic E-state index is 0.205. The van der Waals surface area contributed by atoms with Crippen molar-refractivity contribution in [2.75, 3.05) is 0 Å². The summed E-state index contributed by atoms with van der Waals surface area (Å²) in [7, 11) is -3.45.